The zero-order chi connectivity index (χ0) is 16.9. The van der Waals surface area contributed by atoms with Crippen LogP contribution in [0.4, 0.5) is 0 Å². The number of ether oxygens (including phenoxy) is 2. The summed E-state index contributed by atoms with van der Waals surface area (Å²) in [6.45, 7) is 0. The number of amides is 1. The van der Waals surface area contributed by atoms with E-state index in [4.69, 9.17) is 9.47 Å². The van der Waals surface area contributed by atoms with Crippen molar-refractivity contribution >= 4 is 5.91 Å². The van der Waals surface area contributed by atoms with Crippen molar-refractivity contribution in [2.24, 2.45) is 0 Å². The molecule has 2 heterocycles. The van der Waals surface area contributed by atoms with Gasteiger partial charge in [-0.1, -0.05) is 0 Å². The second kappa shape index (κ2) is 7.44. The molecule has 0 saturated heterocycles. The second-order valence-corrected chi connectivity index (χ2v) is 5.88. The van der Waals surface area contributed by atoms with Crippen LogP contribution in [-0.4, -0.2) is 46.8 Å². The number of rotatable bonds is 5. The van der Waals surface area contributed by atoms with Crippen molar-refractivity contribution in [3.05, 3.63) is 36.5 Å². The Hall–Kier alpha value is -2.41. The molecule has 0 bridgehead atoms. The number of methoxy groups -OCH3 is 2. The van der Waals surface area contributed by atoms with Crippen molar-refractivity contribution in [1.82, 2.24) is 19.9 Å². The Morgan fingerprint density at radius 3 is 2.67 bits per heavy atom. The predicted molar refractivity (Wildman–Crippen MR) is 88.4 cm³/mol. The molecule has 2 aromatic heterocycles. The maximum Gasteiger partial charge on any atom is 0.270 e. The first-order valence-electron chi connectivity index (χ1n) is 8.08. The molecule has 1 amide bonds. The van der Waals surface area contributed by atoms with Gasteiger partial charge in [0, 0.05) is 25.5 Å². The van der Waals surface area contributed by atoms with Gasteiger partial charge in [0.15, 0.2) is 11.6 Å². The van der Waals surface area contributed by atoms with Crippen molar-refractivity contribution in [1.29, 1.82) is 0 Å². The number of hydrogen-bond donors (Lipinski definition) is 1. The molecule has 0 aliphatic heterocycles. The number of hydrogen-bond acceptors (Lipinski definition) is 5. The van der Waals surface area contributed by atoms with Crippen molar-refractivity contribution < 1.29 is 14.3 Å². The van der Waals surface area contributed by atoms with E-state index >= 15 is 0 Å². The molecule has 1 N–H and O–H groups in total. The van der Waals surface area contributed by atoms with Gasteiger partial charge in [-0.25, -0.2) is 9.97 Å². The molecule has 7 nitrogen and oxygen atoms in total. The van der Waals surface area contributed by atoms with E-state index < -0.39 is 0 Å². The van der Waals surface area contributed by atoms with E-state index in [0.29, 0.717) is 23.4 Å². The van der Waals surface area contributed by atoms with Gasteiger partial charge >= 0.3 is 0 Å². The molecule has 7 heteroatoms. The van der Waals surface area contributed by atoms with E-state index in [0.717, 1.165) is 25.7 Å². The lowest BCUT2D eigenvalue weighted by Crippen LogP contribution is -2.39. The normalized spacial score (nSPS) is 20.6. The maximum atomic E-state index is 12.5. The van der Waals surface area contributed by atoms with Crippen LogP contribution in [0.2, 0.25) is 0 Å². The zero-order valence-electron chi connectivity index (χ0n) is 13.9. The lowest BCUT2D eigenvalue weighted by atomic mass is 9.93. The summed E-state index contributed by atoms with van der Waals surface area (Å²) in [5, 5.41) is 3.07. The molecule has 0 radical (unpaired) electrons. The third-order valence-electron chi connectivity index (χ3n) is 4.38. The zero-order valence-corrected chi connectivity index (χ0v) is 13.9. The predicted octanol–water partition coefficient (Wildman–Crippen LogP) is 1.96. The van der Waals surface area contributed by atoms with Crippen LogP contribution < -0.4 is 10.1 Å². The smallest absolute Gasteiger partial charge is 0.270 e. The van der Waals surface area contributed by atoms with Crippen LogP contribution in [0.5, 0.6) is 5.75 Å². The molecule has 1 aliphatic rings. The molecule has 2 aromatic rings. The number of carbonyl (C=O) groups excluding carboxylic acids is 1. The first-order valence-corrected chi connectivity index (χ1v) is 8.08. The van der Waals surface area contributed by atoms with Crippen molar-refractivity contribution in [2.45, 2.75) is 37.8 Å². The highest BCUT2D eigenvalue weighted by Gasteiger charge is 2.23. The van der Waals surface area contributed by atoms with Gasteiger partial charge in [0.25, 0.3) is 5.91 Å². The summed E-state index contributed by atoms with van der Waals surface area (Å²) in [5.41, 5.74) is 0.369. The Kier molecular flexibility index (Phi) is 5.10. The van der Waals surface area contributed by atoms with Gasteiger partial charge in [-0.15, -0.1) is 0 Å². The fourth-order valence-corrected chi connectivity index (χ4v) is 2.99. The van der Waals surface area contributed by atoms with Gasteiger partial charge < -0.3 is 14.8 Å². The minimum Gasteiger partial charge on any atom is -0.493 e. The number of aromatic nitrogens is 3. The molecule has 0 aromatic carbocycles. The number of pyridine rings is 1. The quantitative estimate of drug-likeness (QED) is 0.907. The summed E-state index contributed by atoms with van der Waals surface area (Å²) in [6.07, 6.45) is 9.14. The highest BCUT2D eigenvalue weighted by Crippen LogP contribution is 2.22. The largest absolute Gasteiger partial charge is 0.493 e. The Labute approximate surface area is 141 Å². The number of imidazole rings is 1. The maximum absolute atomic E-state index is 12.5. The molecule has 0 spiro atoms. The van der Waals surface area contributed by atoms with Crippen LogP contribution in [0.1, 0.15) is 36.2 Å². The fourth-order valence-electron chi connectivity index (χ4n) is 2.99. The van der Waals surface area contributed by atoms with E-state index in [9.17, 15) is 4.79 Å². The average molecular weight is 330 g/mol. The highest BCUT2D eigenvalue weighted by molar-refractivity contribution is 5.92. The highest BCUT2D eigenvalue weighted by atomic mass is 16.5. The van der Waals surface area contributed by atoms with Gasteiger partial charge in [-0.3, -0.25) is 9.36 Å². The van der Waals surface area contributed by atoms with E-state index in [1.54, 1.807) is 49.6 Å². The Morgan fingerprint density at radius 1 is 1.25 bits per heavy atom. The Balaban J connectivity index is 1.72. The second-order valence-electron chi connectivity index (χ2n) is 5.88. The minimum absolute atomic E-state index is 0.167. The van der Waals surface area contributed by atoms with Crippen molar-refractivity contribution in [3.8, 4) is 11.6 Å². The summed E-state index contributed by atoms with van der Waals surface area (Å²) >= 11 is 0. The third-order valence-corrected chi connectivity index (χ3v) is 4.38. The molecular formula is C17H22N4O3. The topological polar surface area (TPSA) is 78.3 Å². The molecule has 0 unspecified atom stereocenters. The van der Waals surface area contributed by atoms with Crippen LogP contribution >= 0.6 is 0 Å². The first-order chi connectivity index (χ1) is 11.7. The number of nitrogens with zero attached hydrogens (tertiary/aromatic N) is 3. The molecular weight excluding hydrogens is 308 g/mol. The van der Waals surface area contributed by atoms with Gasteiger partial charge in [0.05, 0.1) is 13.2 Å². The number of carbonyl (C=O) groups is 1. The van der Waals surface area contributed by atoms with E-state index in [-0.39, 0.29) is 11.9 Å². The molecule has 1 saturated carbocycles. The summed E-state index contributed by atoms with van der Waals surface area (Å²) in [7, 11) is 3.31. The molecule has 128 valence electrons. The van der Waals surface area contributed by atoms with Crippen LogP contribution in [0.15, 0.2) is 30.9 Å². The molecule has 3 rings (SSSR count). The van der Waals surface area contributed by atoms with Gasteiger partial charge in [-0.2, -0.15) is 0 Å². The molecule has 1 fully saturated rings. The fraction of sp³-hybridized carbons (Fsp3) is 0.471. The van der Waals surface area contributed by atoms with E-state index in [1.807, 2.05) is 0 Å². The lowest BCUT2D eigenvalue weighted by molar-refractivity contribution is 0.0598. The first kappa shape index (κ1) is 16.4. The summed E-state index contributed by atoms with van der Waals surface area (Å²) < 4.78 is 12.4. The number of nitrogens with one attached hydrogen (secondary N) is 1. The monoisotopic (exact) mass is 330 g/mol. The van der Waals surface area contributed by atoms with E-state index in [2.05, 4.69) is 15.3 Å². The standard InChI is InChI=1S/C17H22N4O3/c1-23-13-5-3-12(4-6-13)19-17(22)14-7-8-15(24-2)16(20-14)21-10-9-18-11-21/h7-13H,3-6H2,1-2H3,(H,19,22). The third kappa shape index (κ3) is 3.56. The average Bonchev–Trinajstić information content (AvgIpc) is 3.16. The minimum atomic E-state index is -0.167. The van der Waals surface area contributed by atoms with Crippen LogP contribution in [0.3, 0.4) is 0 Å². The molecule has 24 heavy (non-hydrogen) atoms. The van der Waals surface area contributed by atoms with E-state index in [1.165, 1.54) is 0 Å². The van der Waals surface area contributed by atoms with Crippen LogP contribution in [0, 0.1) is 0 Å². The molecule has 0 atom stereocenters. The molecule has 1 aliphatic carbocycles. The van der Waals surface area contributed by atoms with Gasteiger partial charge in [-0.05, 0) is 37.8 Å². The van der Waals surface area contributed by atoms with Crippen molar-refractivity contribution in [2.75, 3.05) is 14.2 Å². The Morgan fingerprint density at radius 2 is 2.04 bits per heavy atom. The Bertz CT molecular complexity index is 679. The van der Waals surface area contributed by atoms with Crippen LogP contribution in [0.25, 0.3) is 5.82 Å². The summed E-state index contributed by atoms with van der Waals surface area (Å²) in [4.78, 5) is 21.0. The summed E-state index contributed by atoms with van der Waals surface area (Å²) in [6, 6.07) is 3.60. The summed E-state index contributed by atoms with van der Waals surface area (Å²) in [5.74, 6) is 0.968. The van der Waals surface area contributed by atoms with Gasteiger partial charge in [0.2, 0.25) is 0 Å². The van der Waals surface area contributed by atoms with Gasteiger partial charge in [0.1, 0.15) is 12.0 Å². The lowest BCUT2D eigenvalue weighted by Gasteiger charge is -2.28. The van der Waals surface area contributed by atoms with Crippen molar-refractivity contribution in [3.63, 3.8) is 0 Å². The van der Waals surface area contributed by atoms with Crippen LogP contribution in [-0.2, 0) is 4.74 Å². The SMILES string of the molecule is COc1ccc(C(=O)NC2CCC(OC)CC2)nc1-n1ccnc1.